The van der Waals surface area contributed by atoms with E-state index in [0.29, 0.717) is 28.9 Å². The van der Waals surface area contributed by atoms with Crippen LogP contribution in [0.25, 0.3) is 0 Å². The lowest BCUT2D eigenvalue weighted by Gasteiger charge is -2.06. The number of rotatable bonds is 3. The van der Waals surface area contributed by atoms with E-state index in [1.165, 1.54) is 6.07 Å². The zero-order valence-electron chi connectivity index (χ0n) is 8.83. The van der Waals surface area contributed by atoms with Crippen LogP contribution in [-0.2, 0) is 0 Å². The summed E-state index contributed by atoms with van der Waals surface area (Å²) in [6.45, 7) is 0. The molecule has 0 spiro atoms. The summed E-state index contributed by atoms with van der Waals surface area (Å²) in [6, 6.07) is 10.1. The Kier molecular flexibility index (Phi) is 3.13. The molecule has 82 valence electrons. The number of nitrogens with zero attached hydrogens (tertiary/aromatic N) is 2. The highest BCUT2D eigenvalue weighted by Crippen LogP contribution is 2.24. The fourth-order valence-electron chi connectivity index (χ4n) is 1.33. The van der Waals surface area contributed by atoms with Gasteiger partial charge in [0.25, 0.3) is 0 Å². The van der Waals surface area contributed by atoms with Crippen molar-refractivity contribution in [1.29, 1.82) is 5.26 Å². The van der Waals surface area contributed by atoms with E-state index in [9.17, 15) is 4.79 Å². The summed E-state index contributed by atoms with van der Waals surface area (Å²) in [7, 11) is 0. The number of aromatic nitrogens is 1. The molecule has 0 amide bonds. The van der Waals surface area contributed by atoms with Crippen LogP contribution in [0.5, 0.6) is 11.5 Å². The number of benzene rings is 1. The smallest absolute Gasteiger partial charge is 0.150 e. The van der Waals surface area contributed by atoms with Crippen LogP contribution in [-0.4, -0.2) is 11.3 Å². The maximum absolute atomic E-state index is 10.6. The molecule has 0 atom stereocenters. The third kappa shape index (κ3) is 2.47. The van der Waals surface area contributed by atoms with Crippen molar-refractivity contribution in [3.8, 4) is 17.6 Å². The second kappa shape index (κ2) is 4.90. The molecule has 0 radical (unpaired) electrons. The Hall–Kier alpha value is -2.67. The SMILES string of the molecule is N#Cc1cc(C=O)ccc1Oc1cccnc1. The van der Waals surface area contributed by atoms with Crippen LogP contribution in [0.3, 0.4) is 0 Å². The van der Waals surface area contributed by atoms with E-state index in [1.807, 2.05) is 6.07 Å². The summed E-state index contributed by atoms with van der Waals surface area (Å²) in [6.07, 6.45) is 3.87. The summed E-state index contributed by atoms with van der Waals surface area (Å²) in [5.41, 5.74) is 0.763. The zero-order chi connectivity index (χ0) is 12.1. The van der Waals surface area contributed by atoms with Gasteiger partial charge in [0, 0.05) is 11.8 Å². The highest BCUT2D eigenvalue weighted by molar-refractivity contribution is 5.76. The molecule has 0 N–H and O–H groups in total. The summed E-state index contributed by atoms with van der Waals surface area (Å²) in [4.78, 5) is 14.5. The molecule has 4 nitrogen and oxygen atoms in total. The van der Waals surface area contributed by atoms with Gasteiger partial charge in [0.1, 0.15) is 23.9 Å². The number of carbonyl (C=O) groups excluding carboxylic acids is 1. The maximum Gasteiger partial charge on any atom is 0.150 e. The lowest BCUT2D eigenvalue weighted by atomic mass is 10.1. The largest absolute Gasteiger partial charge is 0.454 e. The predicted molar refractivity (Wildman–Crippen MR) is 60.9 cm³/mol. The van der Waals surface area contributed by atoms with Crippen LogP contribution in [0.2, 0.25) is 0 Å². The molecule has 1 aromatic heterocycles. The van der Waals surface area contributed by atoms with Gasteiger partial charge in [0.05, 0.1) is 11.8 Å². The van der Waals surface area contributed by atoms with Crippen molar-refractivity contribution in [2.24, 2.45) is 0 Å². The van der Waals surface area contributed by atoms with Crippen molar-refractivity contribution in [3.63, 3.8) is 0 Å². The molecule has 2 aromatic rings. The molecular formula is C13H8N2O2. The zero-order valence-corrected chi connectivity index (χ0v) is 8.83. The molecule has 17 heavy (non-hydrogen) atoms. The number of pyridine rings is 1. The normalized spacial score (nSPS) is 9.35. The van der Waals surface area contributed by atoms with E-state index in [0.717, 1.165) is 0 Å². The van der Waals surface area contributed by atoms with Gasteiger partial charge in [-0.3, -0.25) is 9.78 Å². The molecule has 0 saturated carbocycles. The Morgan fingerprint density at radius 3 is 2.88 bits per heavy atom. The lowest BCUT2D eigenvalue weighted by molar-refractivity contribution is 0.112. The molecule has 0 aliphatic heterocycles. The van der Waals surface area contributed by atoms with Crippen LogP contribution in [0.15, 0.2) is 42.7 Å². The van der Waals surface area contributed by atoms with E-state index < -0.39 is 0 Å². The lowest BCUT2D eigenvalue weighted by Crippen LogP contribution is -1.90. The average Bonchev–Trinajstić information content (AvgIpc) is 2.40. The summed E-state index contributed by atoms with van der Waals surface area (Å²) in [5, 5.41) is 8.95. The monoisotopic (exact) mass is 224 g/mol. The third-order valence-corrected chi connectivity index (χ3v) is 2.12. The van der Waals surface area contributed by atoms with E-state index in [4.69, 9.17) is 10.00 Å². The number of nitriles is 1. The Balaban J connectivity index is 2.34. The quantitative estimate of drug-likeness (QED) is 0.751. The van der Waals surface area contributed by atoms with Crippen molar-refractivity contribution in [3.05, 3.63) is 53.9 Å². The first-order chi connectivity index (χ1) is 8.33. The number of carbonyl (C=O) groups is 1. The van der Waals surface area contributed by atoms with Gasteiger partial charge in [0.2, 0.25) is 0 Å². The van der Waals surface area contributed by atoms with Crippen LogP contribution in [0.1, 0.15) is 15.9 Å². The van der Waals surface area contributed by atoms with Crippen LogP contribution in [0.4, 0.5) is 0 Å². The van der Waals surface area contributed by atoms with Crippen molar-refractivity contribution < 1.29 is 9.53 Å². The van der Waals surface area contributed by atoms with E-state index >= 15 is 0 Å². The highest BCUT2D eigenvalue weighted by Gasteiger charge is 2.05. The molecule has 0 aliphatic carbocycles. The van der Waals surface area contributed by atoms with E-state index in [1.54, 1.807) is 36.7 Å². The van der Waals surface area contributed by atoms with Crippen LogP contribution in [0, 0.1) is 11.3 Å². The van der Waals surface area contributed by atoms with Crippen molar-refractivity contribution in [2.75, 3.05) is 0 Å². The Morgan fingerprint density at radius 2 is 2.24 bits per heavy atom. The van der Waals surface area contributed by atoms with Gasteiger partial charge < -0.3 is 4.74 Å². The minimum absolute atomic E-state index is 0.318. The maximum atomic E-state index is 10.6. The Labute approximate surface area is 98.1 Å². The van der Waals surface area contributed by atoms with Gasteiger partial charge >= 0.3 is 0 Å². The van der Waals surface area contributed by atoms with Crippen LogP contribution < -0.4 is 4.74 Å². The molecule has 1 aromatic carbocycles. The van der Waals surface area contributed by atoms with Gasteiger partial charge in [0.15, 0.2) is 0 Å². The number of ether oxygens (including phenoxy) is 1. The molecule has 2 rings (SSSR count). The summed E-state index contributed by atoms with van der Waals surface area (Å²) < 4.78 is 5.50. The van der Waals surface area contributed by atoms with Gasteiger partial charge in [-0.15, -0.1) is 0 Å². The Morgan fingerprint density at radius 1 is 1.35 bits per heavy atom. The molecule has 0 unspecified atom stereocenters. The number of hydrogen-bond acceptors (Lipinski definition) is 4. The Bertz CT molecular complexity index is 574. The molecule has 0 saturated heterocycles. The molecule has 0 bridgehead atoms. The summed E-state index contributed by atoms with van der Waals surface area (Å²) >= 11 is 0. The molecule has 0 fully saturated rings. The van der Waals surface area contributed by atoms with Crippen molar-refractivity contribution in [1.82, 2.24) is 4.98 Å². The fourth-order valence-corrected chi connectivity index (χ4v) is 1.33. The van der Waals surface area contributed by atoms with Gasteiger partial charge in [-0.2, -0.15) is 5.26 Å². The number of aldehydes is 1. The van der Waals surface area contributed by atoms with Gasteiger partial charge in [-0.1, -0.05) is 0 Å². The van der Waals surface area contributed by atoms with Crippen molar-refractivity contribution >= 4 is 6.29 Å². The second-order valence-electron chi connectivity index (χ2n) is 3.28. The summed E-state index contributed by atoms with van der Waals surface area (Å²) in [5.74, 6) is 0.953. The predicted octanol–water partition coefficient (Wildman–Crippen LogP) is 2.56. The van der Waals surface area contributed by atoms with E-state index in [-0.39, 0.29) is 0 Å². The first-order valence-corrected chi connectivity index (χ1v) is 4.90. The van der Waals surface area contributed by atoms with Crippen LogP contribution >= 0.6 is 0 Å². The second-order valence-corrected chi connectivity index (χ2v) is 3.28. The standard InChI is InChI=1S/C13H8N2O2/c14-7-11-6-10(9-16)3-4-13(11)17-12-2-1-5-15-8-12/h1-6,8-9H. The average molecular weight is 224 g/mol. The number of hydrogen-bond donors (Lipinski definition) is 0. The van der Waals surface area contributed by atoms with E-state index in [2.05, 4.69) is 4.98 Å². The third-order valence-electron chi connectivity index (χ3n) is 2.12. The highest BCUT2D eigenvalue weighted by atomic mass is 16.5. The molecule has 1 heterocycles. The van der Waals surface area contributed by atoms with Crippen molar-refractivity contribution in [2.45, 2.75) is 0 Å². The molecular weight excluding hydrogens is 216 g/mol. The van der Waals surface area contributed by atoms with Gasteiger partial charge in [-0.25, -0.2) is 0 Å². The molecule has 4 heteroatoms. The first-order valence-electron chi connectivity index (χ1n) is 4.90. The molecule has 0 aliphatic rings. The first kappa shape index (κ1) is 10.8. The topological polar surface area (TPSA) is 63.0 Å². The van der Waals surface area contributed by atoms with Gasteiger partial charge in [-0.05, 0) is 30.3 Å². The fraction of sp³-hybridized carbons (Fsp3) is 0. The minimum atomic E-state index is 0.318. The minimum Gasteiger partial charge on any atom is -0.454 e.